The Bertz CT molecular complexity index is 585. The Balaban J connectivity index is 3.26. The molecule has 1 aromatic rings. The normalized spacial score (nSPS) is 13.4. The zero-order valence-corrected chi connectivity index (χ0v) is 13.1. The summed E-state index contributed by atoms with van der Waals surface area (Å²) in [5.41, 5.74) is -3.79. The van der Waals surface area contributed by atoms with Crippen molar-refractivity contribution < 1.29 is 27.9 Å². The molecule has 3 nitrogen and oxygen atoms in total. The van der Waals surface area contributed by atoms with Crippen molar-refractivity contribution in [1.29, 1.82) is 0 Å². The van der Waals surface area contributed by atoms with Crippen molar-refractivity contribution in [3.05, 3.63) is 35.4 Å². The number of hydrogen-bond donors (Lipinski definition) is 1. The van der Waals surface area contributed by atoms with Crippen molar-refractivity contribution in [3.8, 4) is 0 Å². The summed E-state index contributed by atoms with van der Waals surface area (Å²) in [5.74, 6) is -1.49. The molecule has 1 atom stereocenters. The third kappa shape index (κ3) is 5.92. The molecule has 0 spiro atoms. The molecule has 114 valence electrons. The van der Waals surface area contributed by atoms with E-state index in [9.17, 15) is 22.8 Å². The maximum absolute atomic E-state index is 12.4. The fourth-order valence-corrected chi connectivity index (χ4v) is 2.49. The van der Waals surface area contributed by atoms with Gasteiger partial charge in [-0.1, -0.05) is 22.0 Å². The van der Waals surface area contributed by atoms with Crippen LogP contribution in [0.5, 0.6) is 0 Å². The van der Waals surface area contributed by atoms with Crippen molar-refractivity contribution in [2.75, 3.05) is 0 Å². The fraction of sp³-hybridized carbons (Fsp3) is 0.231. The van der Waals surface area contributed by atoms with Gasteiger partial charge in [-0.3, -0.25) is 4.79 Å². The van der Waals surface area contributed by atoms with Crippen LogP contribution in [-0.4, -0.2) is 22.4 Å². The number of benzene rings is 1. The molecule has 0 saturated carbocycles. The molecule has 0 fully saturated rings. The molecule has 1 aromatic carbocycles. The molecule has 0 saturated heterocycles. The van der Waals surface area contributed by atoms with Crippen LogP contribution in [0.1, 0.15) is 22.9 Å². The Labute approximate surface area is 131 Å². The van der Waals surface area contributed by atoms with E-state index in [0.29, 0.717) is 5.56 Å². The van der Waals surface area contributed by atoms with E-state index >= 15 is 0 Å². The number of aliphatic carboxylic acids is 1. The summed E-state index contributed by atoms with van der Waals surface area (Å²) >= 11 is 2.81. The second-order valence-electron chi connectivity index (χ2n) is 3.98. The Kier molecular flexibility index (Phi) is 6.03. The standard InChI is InChI=1S/C13H10BrF3O3S/c1-7(18)12(14)10-6-9(21-13(15,16)17)4-2-8(10)3-5-11(19)20/h2-6,12H,1H3,(H,19,20). The van der Waals surface area contributed by atoms with Gasteiger partial charge in [-0.25, -0.2) is 4.79 Å². The van der Waals surface area contributed by atoms with E-state index in [-0.39, 0.29) is 28.0 Å². The molecule has 1 unspecified atom stereocenters. The lowest BCUT2D eigenvalue weighted by atomic mass is 10.0. The lowest BCUT2D eigenvalue weighted by molar-refractivity contribution is -0.131. The van der Waals surface area contributed by atoms with Gasteiger partial charge in [-0.2, -0.15) is 13.2 Å². The van der Waals surface area contributed by atoms with Gasteiger partial charge < -0.3 is 5.11 Å². The minimum atomic E-state index is -4.44. The van der Waals surface area contributed by atoms with Crippen LogP contribution < -0.4 is 0 Å². The number of carboxylic acids is 1. The summed E-state index contributed by atoms with van der Waals surface area (Å²) in [6.45, 7) is 1.29. The lowest BCUT2D eigenvalue weighted by Crippen LogP contribution is -2.05. The zero-order valence-electron chi connectivity index (χ0n) is 10.6. The highest BCUT2D eigenvalue weighted by Gasteiger charge is 2.30. The van der Waals surface area contributed by atoms with Gasteiger partial charge >= 0.3 is 11.5 Å². The maximum atomic E-state index is 12.4. The molecular formula is C13H10BrF3O3S. The van der Waals surface area contributed by atoms with E-state index < -0.39 is 16.3 Å². The number of carbonyl (C=O) groups is 2. The molecule has 0 heterocycles. The molecule has 0 radical (unpaired) electrons. The van der Waals surface area contributed by atoms with E-state index in [2.05, 4.69) is 15.9 Å². The monoisotopic (exact) mass is 382 g/mol. The first-order chi connectivity index (χ1) is 9.60. The molecule has 0 aromatic heterocycles. The highest BCUT2D eigenvalue weighted by Crippen LogP contribution is 2.39. The number of halogens is 4. The number of hydrogen-bond acceptors (Lipinski definition) is 3. The summed E-state index contributed by atoms with van der Waals surface area (Å²) in [5, 5.41) is 8.60. The van der Waals surface area contributed by atoms with Crippen LogP contribution >= 0.6 is 27.7 Å². The average Bonchev–Trinajstić information content (AvgIpc) is 2.34. The van der Waals surface area contributed by atoms with Crippen molar-refractivity contribution in [1.82, 2.24) is 0 Å². The minimum absolute atomic E-state index is 0.0734. The van der Waals surface area contributed by atoms with Crippen molar-refractivity contribution >= 4 is 45.5 Å². The number of alkyl halides is 4. The Hall–Kier alpha value is -1.28. The third-order valence-electron chi connectivity index (χ3n) is 2.33. The summed E-state index contributed by atoms with van der Waals surface area (Å²) in [7, 11) is 0. The van der Waals surface area contributed by atoms with E-state index in [1.807, 2.05) is 0 Å². The van der Waals surface area contributed by atoms with Crippen LogP contribution in [0.3, 0.4) is 0 Å². The Morgan fingerprint density at radius 3 is 2.48 bits per heavy atom. The van der Waals surface area contributed by atoms with E-state index in [1.165, 1.54) is 31.2 Å². The van der Waals surface area contributed by atoms with Gasteiger partial charge in [0.15, 0.2) is 0 Å². The molecule has 1 N–H and O–H groups in total. The second-order valence-corrected chi connectivity index (χ2v) is 6.04. The van der Waals surface area contributed by atoms with Crippen molar-refractivity contribution in [3.63, 3.8) is 0 Å². The molecule has 0 aliphatic heterocycles. The predicted octanol–water partition coefficient (Wildman–Crippen LogP) is 4.42. The van der Waals surface area contributed by atoms with E-state index in [4.69, 9.17) is 5.11 Å². The molecule has 1 rings (SSSR count). The minimum Gasteiger partial charge on any atom is -0.478 e. The summed E-state index contributed by atoms with van der Waals surface area (Å²) < 4.78 is 37.1. The maximum Gasteiger partial charge on any atom is 0.446 e. The number of thioether (sulfide) groups is 1. The topological polar surface area (TPSA) is 54.4 Å². The van der Waals surface area contributed by atoms with Crippen LogP contribution in [0, 0.1) is 0 Å². The highest BCUT2D eigenvalue weighted by atomic mass is 79.9. The van der Waals surface area contributed by atoms with Gasteiger partial charge in [0.25, 0.3) is 0 Å². The molecule has 8 heteroatoms. The zero-order chi connectivity index (χ0) is 16.2. The Morgan fingerprint density at radius 2 is 2.00 bits per heavy atom. The summed E-state index contributed by atoms with van der Waals surface area (Å²) in [6.07, 6.45) is 2.09. The van der Waals surface area contributed by atoms with Crippen molar-refractivity contribution in [2.45, 2.75) is 22.2 Å². The first kappa shape index (κ1) is 17.8. The summed E-state index contributed by atoms with van der Waals surface area (Å²) in [6, 6.07) is 3.80. The predicted molar refractivity (Wildman–Crippen MR) is 77.4 cm³/mol. The van der Waals surface area contributed by atoms with Crippen LogP contribution in [-0.2, 0) is 9.59 Å². The van der Waals surface area contributed by atoms with Gasteiger partial charge in [0, 0.05) is 11.0 Å². The van der Waals surface area contributed by atoms with Gasteiger partial charge in [0.05, 0.1) is 4.83 Å². The second kappa shape index (κ2) is 7.13. The van der Waals surface area contributed by atoms with Gasteiger partial charge in [0.1, 0.15) is 5.78 Å². The van der Waals surface area contributed by atoms with Gasteiger partial charge in [-0.15, -0.1) is 0 Å². The van der Waals surface area contributed by atoms with Crippen LogP contribution in [0.4, 0.5) is 13.2 Å². The van der Waals surface area contributed by atoms with Crippen LogP contribution in [0.2, 0.25) is 0 Å². The molecule has 0 aliphatic rings. The quantitative estimate of drug-likeness (QED) is 0.465. The van der Waals surface area contributed by atoms with Gasteiger partial charge in [0.2, 0.25) is 0 Å². The first-order valence-corrected chi connectivity index (χ1v) is 7.28. The Morgan fingerprint density at radius 1 is 1.38 bits per heavy atom. The number of ketones is 1. The lowest BCUT2D eigenvalue weighted by Gasteiger charge is -2.13. The largest absolute Gasteiger partial charge is 0.478 e. The molecule has 0 aliphatic carbocycles. The fourth-order valence-electron chi connectivity index (χ4n) is 1.50. The molecule has 0 amide bonds. The third-order valence-corrected chi connectivity index (χ3v) is 4.19. The van der Waals surface area contributed by atoms with Crippen LogP contribution in [0.15, 0.2) is 29.2 Å². The molecular weight excluding hydrogens is 373 g/mol. The number of rotatable bonds is 5. The van der Waals surface area contributed by atoms with Gasteiger partial charge in [-0.05, 0) is 48.0 Å². The number of carboxylic acid groups (broad SMARTS) is 1. The number of Topliss-reactive ketones (excluding diaryl/α,β-unsaturated/α-hetero) is 1. The first-order valence-electron chi connectivity index (χ1n) is 5.55. The van der Waals surface area contributed by atoms with E-state index in [0.717, 1.165) is 6.08 Å². The molecule has 0 bridgehead atoms. The van der Waals surface area contributed by atoms with Crippen molar-refractivity contribution in [2.24, 2.45) is 0 Å². The number of carbonyl (C=O) groups excluding carboxylic acids is 1. The molecule has 21 heavy (non-hydrogen) atoms. The van der Waals surface area contributed by atoms with Crippen LogP contribution in [0.25, 0.3) is 6.08 Å². The SMILES string of the molecule is CC(=O)C(Br)c1cc(SC(F)(F)F)ccc1C=CC(=O)O. The summed E-state index contributed by atoms with van der Waals surface area (Å²) in [4.78, 5) is 21.1. The average molecular weight is 383 g/mol. The smallest absolute Gasteiger partial charge is 0.446 e. The van der Waals surface area contributed by atoms with E-state index in [1.54, 1.807) is 0 Å². The highest BCUT2D eigenvalue weighted by molar-refractivity contribution is 9.09.